The van der Waals surface area contributed by atoms with Gasteiger partial charge >= 0.3 is 0 Å². The molecule has 0 aliphatic heterocycles. The molecule has 0 bridgehead atoms. The third-order valence-corrected chi connectivity index (χ3v) is 4.17. The van der Waals surface area contributed by atoms with Gasteiger partial charge in [0.15, 0.2) is 0 Å². The van der Waals surface area contributed by atoms with Gasteiger partial charge in [-0.25, -0.2) is 14.4 Å². The topological polar surface area (TPSA) is 66.9 Å². The van der Waals surface area contributed by atoms with Gasteiger partial charge in [0.2, 0.25) is 5.95 Å². The van der Waals surface area contributed by atoms with E-state index in [1.165, 1.54) is 24.5 Å². The highest BCUT2D eigenvalue weighted by Crippen LogP contribution is 2.19. The van der Waals surface area contributed by atoms with E-state index in [9.17, 15) is 9.18 Å². The zero-order valence-corrected chi connectivity index (χ0v) is 15.3. The molecule has 0 radical (unpaired) electrons. The number of benzene rings is 2. The van der Waals surface area contributed by atoms with Crippen LogP contribution in [0.4, 0.5) is 16.0 Å². The number of carbonyl (C=O) groups is 1. The number of rotatable bonds is 6. The average Bonchev–Trinajstić information content (AvgIpc) is 2.67. The second-order valence-electron chi connectivity index (χ2n) is 6.37. The fourth-order valence-corrected chi connectivity index (χ4v) is 2.57. The van der Waals surface area contributed by atoms with Crippen LogP contribution in [0.15, 0.2) is 54.9 Å². The molecule has 0 saturated carbocycles. The van der Waals surface area contributed by atoms with Crippen molar-refractivity contribution < 1.29 is 9.18 Å². The van der Waals surface area contributed by atoms with Gasteiger partial charge in [-0.15, -0.1) is 0 Å². The number of nitrogens with zero attached hydrogens (tertiary/aromatic N) is 2. The fraction of sp³-hybridized carbons (Fsp3) is 0.190. The number of aryl methyl sites for hydroxylation is 2. The Hall–Kier alpha value is -3.28. The summed E-state index contributed by atoms with van der Waals surface area (Å²) in [6.45, 7) is 4.47. The summed E-state index contributed by atoms with van der Waals surface area (Å²) in [7, 11) is 0. The van der Waals surface area contributed by atoms with E-state index in [-0.39, 0.29) is 11.7 Å². The molecular weight excluding hydrogens is 343 g/mol. The monoisotopic (exact) mass is 364 g/mol. The SMILES string of the molecule is Cc1ccc(C)c(Nc2ncc(C(=O)NCCc3ccc(F)cc3)cn2)c1. The highest BCUT2D eigenvalue weighted by atomic mass is 19.1. The van der Waals surface area contributed by atoms with Crippen LogP contribution in [-0.4, -0.2) is 22.4 Å². The lowest BCUT2D eigenvalue weighted by Gasteiger charge is -2.09. The van der Waals surface area contributed by atoms with Crippen molar-refractivity contribution in [3.63, 3.8) is 0 Å². The van der Waals surface area contributed by atoms with Crippen LogP contribution in [0.1, 0.15) is 27.0 Å². The Morgan fingerprint density at radius 2 is 1.74 bits per heavy atom. The standard InChI is InChI=1S/C21H21FN4O/c1-14-3-4-15(2)19(11-14)26-21-24-12-17(13-25-21)20(27)23-10-9-16-5-7-18(22)8-6-16/h3-8,11-13H,9-10H2,1-2H3,(H,23,27)(H,24,25,26). The van der Waals surface area contributed by atoms with Crippen LogP contribution in [0.2, 0.25) is 0 Å². The number of hydrogen-bond donors (Lipinski definition) is 2. The molecule has 0 saturated heterocycles. The van der Waals surface area contributed by atoms with Gasteiger partial charge in [-0.2, -0.15) is 0 Å². The largest absolute Gasteiger partial charge is 0.352 e. The number of halogens is 1. The third kappa shape index (κ3) is 5.10. The maximum atomic E-state index is 12.9. The van der Waals surface area contributed by atoms with Crippen molar-refractivity contribution in [3.05, 3.63) is 82.9 Å². The number of nitrogens with one attached hydrogen (secondary N) is 2. The van der Waals surface area contributed by atoms with Crippen LogP contribution < -0.4 is 10.6 Å². The first-order valence-electron chi connectivity index (χ1n) is 8.70. The molecule has 1 amide bonds. The molecule has 0 unspecified atom stereocenters. The summed E-state index contributed by atoms with van der Waals surface area (Å²) < 4.78 is 12.9. The van der Waals surface area contributed by atoms with Crippen molar-refractivity contribution in [1.82, 2.24) is 15.3 Å². The first-order valence-corrected chi connectivity index (χ1v) is 8.70. The number of anilines is 2. The van der Waals surface area contributed by atoms with Crippen LogP contribution in [-0.2, 0) is 6.42 Å². The van der Waals surface area contributed by atoms with E-state index in [1.54, 1.807) is 12.1 Å². The highest BCUT2D eigenvalue weighted by Gasteiger charge is 2.08. The second kappa shape index (κ2) is 8.40. The smallest absolute Gasteiger partial charge is 0.254 e. The minimum atomic E-state index is -0.269. The van der Waals surface area contributed by atoms with Gasteiger partial charge in [-0.3, -0.25) is 4.79 Å². The molecule has 1 aromatic heterocycles. The number of amides is 1. The minimum Gasteiger partial charge on any atom is -0.352 e. The first-order chi connectivity index (χ1) is 13.0. The average molecular weight is 364 g/mol. The Morgan fingerprint density at radius 3 is 2.44 bits per heavy atom. The van der Waals surface area contributed by atoms with Gasteiger partial charge in [-0.1, -0.05) is 24.3 Å². The van der Waals surface area contributed by atoms with E-state index < -0.39 is 0 Å². The Balaban J connectivity index is 1.55. The molecule has 0 atom stereocenters. The molecular formula is C21H21FN4O. The molecule has 0 aliphatic carbocycles. The molecule has 138 valence electrons. The maximum absolute atomic E-state index is 12.9. The lowest BCUT2D eigenvalue weighted by atomic mass is 10.1. The summed E-state index contributed by atoms with van der Waals surface area (Å²) in [6, 6.07) is 12.3. The summed E-state index contributed by atoms with van der Waals surface area (Å²) in [5.41, 5.74) is 4.51. The Morgan fingerprint density at radius 1 is 1.04 bits per heavy atom. The molecule has 0 aliphatic rings. The van der Waals surface area contributed by atoms with Crippen LogP contribution in [0.3, 0.4) is 0 Å². The predicted octanol–water partition coefficient (Wildman–Crippen LogP) is 3.95. The van der Waals surface area contributed by atoms with E-state index in [0.717, 1.165) is 22.4 Å². The molecule has 2 N–H and O–H groups in total. The molecule has 0 spiro atoms. The predicted molar refractivity (Wildman–Crippen MR) is 104 cm³/mol. The second-order valence-corrected chi connectivity index (χ2v) is 6.37. The molecule has 2 aromatic carbocycles. The lowest BCUT2D eigenvalue weighted by Crippen LogP contribution is -2.26. The lowest BCUT2D eigenvalue weighted by molar-refractivity contribution is 0.0953. The maximum Gasteiger partial charge on any atom is 0.254 e. The van der Waals surface area contributed by atoms with Crippen LogP contribution in [0, 0.1) is 19.7 Å². The summed E-state index contributed by atoms with van der Waals surface area (Å²) in [6.07, 6.45) is 3.61. The molecule has 3 rings (SSSR count). The molecule has 5 nitrogen and oxygen atoms in total. The molecule has 6 heteroatoms. The van der Waals surface area contributed by atoms with E-state index in [4.69, 9.17) is 0 Å². The molecule has 1 heterocycles. The highest BCUT2D eigenvalue weighted by molar-refractivity contribution is 5.93. The van der Waals surface area contributed by atoms with Crippen molar-refractivity contribution in [1.29, 1.82) is 0 Å². The van der Waals surface area contributed by atoms with Gasteiger partial charge in [0, 0.05) is 24.6 Å². The minimum absolute atomic E-state index is 0.240. The van der Waals surface area contributed by atoms with E-state index >= 15 is 0 Å². The van der Waals surface area contributed by atoms with Gasteiger partial charge in [0.05, 0.1) is 5.56 Å². The molecule has 27 heavy (non-hydrogen) atoms. The summed E-state index contributed by atoms with van der Waals surface area (Å²) in [4.78, 5) is 20.6. The quantitative estimate of drug-likeness (QED) is 0.695. The third-order valence-electron chi connectivity index (χ3n) is 4.17. The summed E-state index contributed by atoms with van der Waals surface area (Å²) in [5, 5.41) is 5.98. The Labute approximate surface area is 157 Å². The fourth-order valence-electron chi connectivity index (χ4n) is 2.57. The van der Waals surface area contributed by atoms with Crippen molar-refractivity contribution in [2.75, 3.05) is 11.9 Å². The van der Waals surface area contributed by atoms with Crippen molar-refractivity contribution in [3.8, 4) is 0 Å². The van der Waals surface area contributed by atoms with Crippen LogP contribution in [0.5, 0.6) is 0 Å². The number of carbonyl (C=O) groups excluding carboxylic acids is 1. The van der Waals surface area contributed by atoms with Crippen molar-refractivity contribution in [2.45, 2.75) is 20.3 Å². The van der Waals surface area contributed by atoms with Gasteiger partial charge < -0.3 is 10.6 Å². The van der Waals surface area contributed by atoms with Crippen molar-refractivity contribution in [2.24, 2.45) is 0 Å². The molecule has 3 aromatic rings. The van der Waals surface area contributed by atoms with Gasteiger partial charge in [-0.05, 0) is 55.2 Å². The van der Waals surface area contributed by atoms with Crippen LogP contribution >= 0.6 is 0 Å². The van der Waals surface area contributed by atoms with Gasteiger partial charge in [0.25, 0.3) is 5.91 Å². The normalized spacial score (nSPS) is 10.5. The number of hydrogen-bond acceptors (Lipinski definition) is 4. The molecule has 0 fully saturated rings. The first kappa shape index (κ1) is 18.5. The Bertz CT molecular complexity index is 924. The van der Waals surface area contributed by atoms with E-state index in [2.05, 4.69) is 20.6 Å². The van der Waals surface area contributed by atoms with E-state index in [1.807, 2.05) is 32.0 Å². The summed E-state index contributed by atoms with van der Waals surface area (Å²) >= 11 is 0. The van der Waals surface area contributed by atoms with Crippen molar-refractivity contribution >= 4 is 17.5 Å². The zero-order valence-electron chi connectivity index (χ0n) is 15.3. The summed E-state index contributed by atoms with van der Waals surface area (Å²) in [5.74, 6) is -0.0727. The zero-order chi connectivity index (χ0) is 19.2. The van der Waals surface area contributed by atoms with Gasteiger partial charge in [0.1, 0.15) is 5.82 Å². The number of aromatic nitrogens is 2. The Kier molecular flexibility index (Phi) is 5.76. The van der Waals surface area contributed by atoms with Crippen LogP contribution in [0.25, 0.3) is 0 Å². The van der Waals surface area contributed by atoms with E-state index in [0.29, 0.717) is 24.5 Å².